The third-order valence-electron chi connectivity index (χ3n) is 7.57. The molecule has 166 valence electrons. The lowest BCUT2D eigenvalue weighted by atomic mass is 9.83. The summed E-state index contributed by atoms with van der Waals surface area (Å²) in [4.78, 5) is 15.4. The summed E-state index contributed by atoms with van der Waals surface area (Å²) in [7, 11) is 0. The van der Waals surface area contributed by atoms with Gasteiger partial charge >= 0.3 is 6.09 Å². The zero-order valence-electron chi connectivity index (χ0n) is 19.0. The second-order valence-electron chi connectivity index (χ2n) is 9.63. The second kappa shape index (κ2) is 8.22. The summed E-state index contributed by atoms with van der Waals surface area (Å²) >= 11 is 0. The summed E-state index contributed by atoms with van der Waals surface area (Å²) in [6.45, 7) is 2.52. The summed E-state index contributed by atoms with van der Waals surface area (Å²) in [5, 5.41) is 0. The molecule has 3 aliphatic rings. The second-order valence-corrected chi connectivity index (χ2v) is 9.63. The normalized spacial score (nSPS) is 21.2. The largest absolute Gasteiger partial charge is 0.448 e. The Labute approximate surface area is 195 Å². The lowest BCUT2D eigenvalue weighted by molar-refractivity contribution is 0.0539. The monoisotopic (exact) mass is 435 g/mol. The van der Waals surface area contributed by atoms with Crippen molar-refractivity contribution >= 4 is 11.7 Å². The van der Waals surface area contributed by atoms with Crippen LogP contribution in [-0.4, -0.2) is 29.7 Å². The van der Waals surface area contributed by atoms with Gasteiger partial charge in [0.15, 0.2) is 0 Å². The van der Waals surface area contributed by atoms with E-state index in [0.717, 1.165) is 19.3 Å². The van der Waals surface area contributed by atoms with Gasteiger partial charge in [0.25, 0.3) is 0 Å². The van der Waals surface area contributed by atoms with E-state index in [1.54, 1.807) is 0 Å². The lowest BCUT2D eigenvalue weighted by Gasteiger charge is -2.44. The number of carbonyl (C=O) groups is 1. The summed E-state index contributed by atoms with van der Waals surface area (Å²) in [5.74, 6) is 0.101. The minimum atomic E-state index is -0.161. The van der Waals surface area contributed by atoms with E-state index in [4.69, 9.17) is 4.74 Å². The van der Waals surface area contributed by atoms with Crippen molar-refractivity contribution in [3.63, 3.8) is 0 Å². The van der Waals surface area contributed by atoms with Gasteiger partial charge in [0.1, 0.15) is 6.61 Å². The van der Waals surface area contributed by atoms with Gasteiger partial charge in [-0.2, -0.15) is 0 Å². The van der Waals surface area contributed by atoms with E-state index in [1.165, 1.54) is 45.4 Å². The maximum Gasteiger partial charge on any atom is 0.410 e. The van der Waals surface area contributed by atoms with Crippen molar-refractivity contribution in [3.8, 4) is 11.1 Å². The molecule has 2 unspecified atom stereocenters. The molecule has 0 aromatic heterocycles. The van der Waals surface area contributed by atoms with Gasteiger partial charge in [-0.15, -0.1) is 0 Å². The van der Waals surface area contributed by atoms with Gasteiger partial charge in [-0.25, -0.2) is 4.79 Å². The number of carbonyl (C=O) groups excluding carboxylic acids is 1. The van der Waals surface area contributed by atoms with Gasteiger partial charge in [0.2, 0.25) is 0 Å². The number of aryl methyl sites for hydroxylation is 1. The average molecular weight is 436 g/mol. The molecule has 3 nitrogen and oxygen atoms in total. The maximum absolute atomic E-state index is 13.4. The van der Waals surface area contributed by atoms with Gasteiger partial charge in [-0.05, 0) is 66.0 Å². The molecule has 0 spiro atoms. The molecule has 1 fully saturated rings. The standard InChI is InChI=1S/C30H29NO2/c1-20-8-6-9-21(16-20)22-17-23-10-7-11-24(18-22)31(23)30(32)33-19-29-27-14-4-2-12-25(27)26-13-3-5-15-28(26)29/h2-6,8-9,12-17,23-24,29H,7,10-11,18-19H2,1H3. The van der Waals surface area contributed by atoms with Crippen LogP contribution in [0.2, 0.25) is 0 Å². The van der Waals surface area contributed by atoms with Crippen LogP contribution in [0.25, 0.3) is 16.7 Å². The minimum Gasteiger partial charge on any atom is -0.448 e. The number of benzene rings is 3. The van der Waals surface area contributed by atoms with Gasteiger partial charge in [-0.3, -0.25) is 4.90 Å². The number of hydrogen-bond donors (Lipinski definition) is 0. The number of ether oxygens (including phenoxy) is 1. The maximum atomic E-state index is 13.4. The molecule has 0 N–H and O–H groups in total. The summed E-state index contributed by atoms with van der Waals surface area (Å²) in [6.07, 6.45) is 6.28. The van der Waals surface area contributed by atoms with Gasteiger partial charge in [-0.1, -0.05) is 84.4 Å². The van der Waals surface area contributed by atoms with Crippen LogP contribution in [0.3, 0.4) is 0 Å². The van der Waals surface area contributed by atoms with E-state index in [9.17, 15) is 4.79 Å². The van der Waals surface area contributed by atoms with Crippen LogP contribution in [0.5, 0.6) is 0 Å². The zero-order chi connectivity index (χ0) is 22.4. The number of rotatable bonds is 3. The summed E-state index contributed by atoms with van der Waals surface area (Å²) < 4.78 is 6.03. The highest BCUT2D eigenvalue weighted by molar-refractivity contribution is 5.79. The number of fused-ring (bicyclic) bond motifs is 5. The van der Waals surface area contributed by atoms with E-state index in [1.807, 2.05) is 4.90 Å². The van der Waals surface area contributed by atoms with Crippen LogP contribution in [0.1, 0.15) is 53.9 Å². The average Bonchev–Trinajstić information content (AvgIpc) is 3.15. The molecule has 3 aromatic rings. The molecule has 2 heterocycles. The summed E-state index contributed by atoms with van der Waals surface area (Å²) in [6, 6.07) is 26.0. The van der Waals surface area contributed by atoms with E-state index in [2.05, 4.69) is 85.8 Å². The van der Waals surface area contributed by atoms with Crippen molar-refractivity contribution in [3.05, 3.63) is 101 Å². The first-order valence-electron chi connectivity index (χ1n) is 12.1. The number of nitrogens with zero attached hydrogens (tertiary/aromatic N) is 1. The van der Waals surface area contributed by atoms with Crippen LogP contribution < -0.4 is 0 Å². The number of amides is 1. The first kappa shape index (κ1) is 20.3. The first-order valence-corrected chi connectivity index (χ1v) is 12.1. The van der Waals surface area contributed by atoms with Crippen molar-refractivity contribution in [2.45, 2.75) is 50.6 Å². The molecule has 3 heteroatoms. The molecular weight excluding hydrogens is 406 g/mol. The molecule has 2 aliphatic heterocycles. The highest BCUT2D eigenvalue weighted by atomic mass is 16.6. The predicted octanol–water partition coefficient (Wildman–Crippen LogP) is 6.95. The molecule has 33 heavy (non-hydrogen) atoms. The molecule has 6 rings (SSSR count). The quantitative estimate of drug-likeness (QED) is 0.445. The van der Waals surface area contributed by atoms with Crippen molar-refractivity contribution in [2.75, 3.05) is 6.61 Å². The topological polar surface area (TPSA) is 29.5 Å². The van der Waals surface area contributed by atoms with E-state index < -0.39 is 0 Å². The van der Waals surface area contributed by atoms with Crippen molar-refractivity contribution in [2.24, 2.45) is 0 Å². The molecule has 2 bridgehead atoms. The van der Waals surface area contributed by atoms with Crippen molar-refractivity contribution in [1.82, 2.24) is 4.90 Å². The molecule has 1 aliphatic carbocycles. The fraction of sp³-hybridized carbons (Fsp3) is 0.300. The lowest BCUT2D eigenvalue weighted by Crippen LogP contribution is -2.51. The third kappa shape index (κ3) is 3.56. The first-order chi connectivity index (χ1) is 16.2. The van der Waals surface area contributed by atoms with Gasteiger partial charge < -0.3 is 4.74 Å². The summed E-state index contributed by atoms with van der Waals surface area (Å²) in [5.41, 5.74) is 8.97. The smallest absolute Gasteiger partial charge is 0.410 e. The van der Waals surface area contributed by atoms with Crippen molar-refractivity contribution < 1.29 is 9.53 Å². The van der Waals surface area contributed by atoms with Crippen LogP contribution in [-0.2, 0) is 4.74 Å². The Morgan fingerprint density at radius 2 is 1.67 bits per heavy atom. The fourth-order valence-corrected chi connectivity index (χ4v) is 6.04. The van der Waals surface area contributed by atoms with E-state index >= 15 is 0 Å². The van der Waals surface area contributed by atoms with Crippen molar-refractivity contribution in [1.29, 1.82) is 0 Å². The predicted molar refractivity (Wildman–Crippen MR) is 132 cm³/mol. The molecule has 0 radical (unpaired) electrons. The molecule has 0 saturated carbocycles. The van der Waals surface area contributed by atoms with Crippen LogP contribution in [0, 0.1) is 6.92 Å². The van der Waals surface area contributed by atoms with E-state index in [0.29, 0.717) is 6.61 Å². The van der Waals surface area contributed by atoms with E-state index in [-0.39, 0.29) is 24.1 Å². The SMILES string of the molecule is Cc1cccc(C2=CC3CCCC(C2)N3C(=O)OCC2c3ccccc3-c3ccccc32)c1. The molecule has 1 saturated heterocycles. The van der Waals surface area contributed by atoms with Gasteiger partial charge in [0.05, 0.1) is 6.04 Å². The number of piperidine rings is 1. The third-order valence-corrected chi connectivity index (χ3v) is 7.57. The Morgan fingerprint density at radius 1 is 0.939 bits per heavy atom. The van der Waals surface area contributed by atoms with Gasteiger partial charge in [0, 0.05) is 12.0 Å². The Kier molecular flexibility index (Phi) is 5.05. The Hall–Kier alpha value is -3.33. The Bertz CT molecular complexity index is 1200. The Balaban J connectivity index is 1.22. The fourth-order valence-electron chi connectivity index (χ4n) is 6.04. The Morgan fingerprint density at radius 3 is 2.36 bits per heavy atom. The number of hydrogen-bond acceptors (Lipinski definition) is 2. The van der Waals surface area contributed by atoms with Crippen LogP contribution in [0.4, 0.5) is 4.79 Å². The molecule has 3 aromatic carbocycles. The molecular formula is C30H29NO2. The van der Waals surface area contributed by atoms with Crippen LogP contribution >= 0.6 is 0 Å². The highest BCUT2D eigenvalue weighted by Gasteiger charge is 2.39. The zero-order valence-corrected chi connectivity index (χ0v) is 19.0. The minimum absolute atomic E-state index is 0.101. The highest BCUT2D eigenvalue weighted by Crippen LogP contribution is 2.45. The molecule has 2 atom stereocenters. The molecule has 1 amide bonds. The van der Waals surface area contributed by atoms with Crippen LogP contribution in [0.15, 0.2) is 78.9 Å².